The molecule has 0 amide bonds. The number of methoxy groups -OCH3 is 1. The molecule has 1 aromatic heterocycles. The average Bonchev–Trinajstić information content (AvgIpc) is 2.42. The molecule has 0 aliphatic heterocycles. The van der Waals surface area contributed by atoms with Crippen LogP contribution in [0, 0.1) is 0 Å². The van der Waals surface area contributed by atoms with E-state index in [1.54, 1.807) is 14.2 Å². The van der Waals surface area contributed by atoms with Crippen molar-refractivity contribution in [3.8, 4) is 0 Å². The van der Waals surface area contributed by atoms with Gasteiger partial charge in [0.2, 0.25) is 10.0 Å². The van der Waals surface area contributed by atoms with Crippen molar-refractivity contribution in [1.29, 1.82) is 0 Å². The lowest BCUT2D eigenvalue weighted by atomic mass is 10.4. The summed E-state index contributed by atoms with van der Waals surface area (Å²) in [5.74, 6) is 0.293. The second kappa shape index (κ2) is 8.53. The van der Waals surface area contributed by atoms with E-state index in [-0.39, 0.29) is 18.0 Å². The van der Waals surface area contributed by atoms with Gasteiger partial charge in [-0.3, -0.25) is 0 Å². The Hall–Kier alpha value is -0.740. The number of sulfonamides is 1. The lowest BCUT2D eigenvalue weighted by Gasteiger charge is -2.11. The molecular formula is C11H18BrN3O4S. The number of nitrogens with zero attached hydrogens (tertiary/aromatic N) is 1. The van der Waals surface area contributed by atoms with Crippen LogP contribution in [-0.4, -0.2) is 53.9 Å². The van der Waals surface area contributed by atoms with Crippen LogP contribution in [0.3, 0.4) is 0 Å². The van der Waals surface area contributed by atoms with Gasteiger partial charge in [-0.1, -0.05) is 0 Å². The number of halogens is 1. The molecule has 0 unspecified atom stereocenters. The first-order valence-electron chi connectivity index (χ1n) is 5.91. The molecule has 9 heteroatoms. The fourth-order valence-corrected chi connectivity index (χ4v) is 3.07. The van der Waals surface area contributed by atoms with E-state index in [1.807, 2.05) is 0 Å². The van der Waals surface area contributed by atoms with Gasteiger partial charge in [-0.05, 0) is 22.0 Å². The Kier molecular flexibility index (Phi) is 7.38. The minimum atomic E-state index is -3.63. The van der Waals surface area contributed by atoms with Crippen molar-refractivity contribution in [3.63, 3.8) is 0 Å². The van der Waals surface area contributed by atoms with Gasteiger partial charge >= 0.3 is 0 Å². The van der Waals surface area contributed by atoms with Crippen LogP contribution in [0.1, 0.15) is 0 Å². The Bertz CT molecular complexity index is 524. The van der Waals surface area contributed by atoms with Gasteiger partial charge in [-0.15, -0.1) is 0 Å². The third-order valence-corrected chi connectivity index (χ3v) is 4.22. The van der Waals surface area contributed by atoms with Crippen LogP contribution in [0.4, 0.5) is 5.82 Å². The summed E-state index contributed by atoms with van der Waals surface area (Å²) in [6.07, 6.45) is 1.53. The predicted octanol–water partition coefficient (Wildman–Crippen LogP) is 0.827. The molecule has 0 aliphatic rings. The first-order chi connectivity index (χ1) is 9.51. The maximum absolute atomic E-state index is 12.2. The third kappa shape index (κ3) is 5.33. The zero-order valence-corrected chi connectivity index (χ0v) is 13.8. The molecule has 0 saturated heterocycles. The average molecular weight is 368 g/mol. The molecule has 1 rings (SSSR count). The zero-order chi connectivity index (χ0) is 15.0. The Morgan fingerprint density at radius 3 is 2.75 bits per heavy atom. The van der Waals surface area contributed by atoms with Gasteiger partial charge in [0, 0.05) is 31.4 Å². The molecule has 0 atom stereocenters. The van der Waals surface area contributed by atoms with Crippen molar-refractivity contribution in [1.82, 2.24) is 9.71 Å². The number of aromatic nitrogens is 1. The minimum Gasteiger partial charge on any atom is -0.382 e. The van der Waals surface area contributed by atoms with E-state index in [4.69, 9.17) is 9.47 Å². The number of anilines is 1. The van der Waals surface area contributed by atoms with Crippen LogP contribution in [0.5, 0.6) is 0 Å². The van der Waals surface area contributed by atoms with E-state index < -0.39 is 10.0 Å². The summed E-state index contributed by atoms with van der Waals surface area (Å²) in [5.41, 5.74) is 0. The van der Waals surface area contributed by atoms with E-state index in [0.717, 1.165) is 0 Å². The Morgan fingerprint density at radius 2 is 2.10 bits per heavy atom. The minimum absolute atomic E-state index is 0.0891. The van der Waals surface area contributed by atoms with E-state index in [2.05, 4.69) is 31.0 Å². The molecule has 0 bridgehead atoms. The highest BCUT2D eigenvalue weighted by atomic mass is 79.9. The summed E-state index contributed by atoms with van der Waals surface area (Å²) >= 11 is 3.21. The van der Waals surface area contributed by atoms with Gasteiger partial charge in [0.15, 0.2) is 0 Å². The molecule has 0 aliphatic carbocycles. The fraction of sp³-hybridized carbons (Fsp3) is 0.545. The Balaban J connectivity index is 2.62. The van der Waals surface area contributed by atoms with E-state index in [1.165, 1.54) is 12.3 Å². The van der Waals surface area contributed by atoms with Crippen molar-refractivity contribution in [3.05, 3.63) is 16.7 Å². The molecule has 2 N–H and O–H groups in total. The molecule has 1 heterocycles. The fourth-order valence-electron chi connectivity index (χ4n) is 1.38. The summed E-state index contributed by atoms with van der Waals surface area (Å²) in [6.45, 7) is 1.37. The highest BCUT2D eigenvalue weighted by Crippen LogP contribution is 2.22. The van der Waals surface area contributed by atoms with E-state index in [9.17, 15) is 8.42 Å². The summed E-state index contributed by atoms with van der Waals surface area (Å²) in [7, 11) is -0.445. The molecule has 0 spiro atoms. The van der Waals surface area contributed by atoms with Gasteiger partial charge in [0.05, 0.1) is 19.8 Å². The van der Waals surface area contributed by atoms with Crippen molar-refractivity contribution in [2.45, 2.75) is 4.90 Å². The van der Waals surface area contributed by atoms with Crippen molar-refractivity contribution >= 4 is 31.8 Å². The third-order valence-electron chi connectivity index (χ3n) is 2.32. The van der Waals surface area contributed by atoms with Crippen LogP contribution in [0.15, 0.2) is 21.6 Å². The van der Waals surface area contributed by atoms with Crippen LogP contribution >= 0.6 is 15.9 Å². The summed E-state index contributed by atoms with van der Waals surface area (Å²) < 4.78 is 37.4. The maximum Gasteiger partial charge on any atom is 0.244 e. The first-order valence-corrected chi connectivity index (χ1v) is 8.18. The lowest BCUT2D eigenvalue weighted by Crippen LogP contribution is -2.28. The van der Waals surface area contributed by atoms with Crippen LogP contribution in [0.2, 0.25) is 0 Å². The van der Waals surface area contributed by atoms with Gasteiger partial charge in [-0.2, -0.15) is 0 Å². The van der Waals surface area contributed by atoms with Crippen molar-refractivity contribution in [2.75, 3.05) is 45.8 Å². The molecule has 0 radical (unpaired) electrons. The highest BCUT2D eigenvalue weighted by Gasteiger charge is 2.19. The number of pyridine rings is 1. The normalized spacial score (nSPS) is 11.6. The second-order valence-electron chi connectivity index (χ2n) is 3.75. The standard InChI is InChI=1S/C11H18BrN3O4S/c1-13-11-10(7-9(12)8-14-11)20(16,17)15-3-4-19-6-5-18-2/h7-8,15H,3-6H2,1-2H3,(H,13,14). The van der Waals surface area contributed by atoms with Crippen molar-refractivity contribution < 1.29 is 17.9 Å². The molecule has 0 aromatic carbocycles. The Morgan fingerprint density at radius 1 is 1.35 bits per heavy atom. The molecule has 114 valence electrons. The SMILES string of the molecule is CNc1ncc(Br)cc1S(=O)(=O)NCCOCCOC. The number of hydrogen-bond donors (Lipinski definition) is 2. The number of nitrogens with one attached hydrogen (secondary N) is 2. The smallest absolute Gasteiger partial charge is 0.244 e. The summed E-state index contributed by atoms with van der Waals surface area (Å²) in [5, 5.41) is 2.75. The molecule has 0 saturated carbocycles. The van der Waals surface area contributed by atoms with Gasteiger partial charge < -0.3 is 14.8 Å². The van der Waals surface area contributed by atoms with Crippen LogP contribution < -0.4 is 10.0 Å². The van der Waals surface area contributed by atoms with Crippen molar-refractivity contribution in [2.24, 2.45) is 0 Å². The van der Waals surface area contributed by atoms with Gasteiger partial charge in [0.1, 0.15) is 10.7 Å². The molecule has 1 aromatic rings. The molecule has 7 nitrogen and oxygen atoms in total. The number of rotatable bonds is 9. The van der Waals surface area contributed by atoms with E-state index in [0.29, 0.717) is 23.5 Å². The lowest BCUT2D eigenvalue weighted by molar-refractivity contribution is 0.0736. The second-order valence-corrected chi connectivity index (χ2v) is 6.40. The summed E-state index contributed by atoms with van der Waals surface area (Å²) in [6, 6.07) is 1.49. The summed E-state index contributed by atoms with van der Waals surface area (Å²) in [4.78, 5) is 4.10. The van der Waals surface area contributed by atoms with Gasteiger partial charge in [-0.25, -0.2) is 18.1 Å². The van der Waals surface area contributed by atoms with Crippen LogP contribution in [-0.2, 0) is 19.5 Å². The molecule has 20 heavy (non-hydrogen) atoms. The molecular weight excluding hydrogens is 350 g/mol. The zero-order valence-electron chi connectivity index (χ0n) is 11.3. The monoisotopic (exact) mass is 367 g/mol. The van der Waals surface area contributed by atoms with Gasteiger partial charge in [0.25, 0.3) is 0 Å². The highest BCUT2D eigenvalue weighted by molar-refractivity contribution is 9.10. The number of hydrogen-bond acceptors (Lipinski definition) is 6. The molecule has 0 fully saturated rings. The maximum atomic E-state index is 12.2. The largest absolute Gasteiger partial charge is 0.382 e. The first kappa shape index (κ1) is 17.3. The quantitative estimate of drug-likeness (QED) is 0.628. The van der Waals surface area contributed by atoms with Crippen LogP contribution in [0.25, 0.3) is 0 Å². The predicted molar refractivity (Wildman–Crippen MR) is 79.4 cm³/mol. The topological polar surface area (TPSA) is 89.6 Å². The number of ether oxygens (including phenoxy) is 2. The Labute approximate surface area is 127 Å². The van der Waals surface area contributed by atoms with E-state index >= 15 is 0 Å².